The molecule has 2 fully saturated rings. The molecule has 0 saturated carbocycles. The monoisotopic (exact) mass is 324 g/mol. The lowest BCUT2D eigenvalue weighted by Crippen LogP contribution is -2.45. The van der Waals surface area contributed by atoms with Gasteiger partial charge in [0.05, 0.1) is 0 Å². The Bertz CT molecular complexity index is 366. The van der Waals surface area contributed by atoms with Crippen LogP contribution >= 0.6 is 0 Å². The van der Waals surface area contributed by atoms with E-state index in [1.165, 1.54) is 19.5 Å². The SMILES string of the molecule is CCN(C)C[C@@H]1CCN(C(=O)NCCN2C[C@H](C)C[C@H](C)C2)C1. The van der Waals surface area contributed by atoms with Crippen LogP contribution in [0.25, 0.3) is 0 Å². The van der Waals surface area contributed by atoms with Crippen LogP contribution in [-0.2, 0) is 0 Å². The molecule has 2 aliphatic rings. The van der Waals surface area contributed by atoms with Crippen molar-refractivity contribution >= 4 is 6.03 Å². The zero-order chi connectivity index (χ0) is 16.8. The number of hydrogen-bond acceptors (Lipinski definition) is 3. The fourth-order valence-electron chi connectivity index (χ4n) is 4.14. The van der Waals surface area contributed by atoms with E-state index in [9.17, 15) is 4.79 Å². The first-order valence-electron chi connectivity index (χ1n) is 9.41. The van der Waals surface area contributed by atoms with E-state index < -0.39 is 0 Å². The Balaban J connectivity index is 1.63. The van der Waals surface area contributed by atoms with Crippen molar-refractivity contribution in [3.05, 3.63) is 0 Å². The molecule has 5 heteroatoms. The summed E-state index contributed by atoms with van der Waals surface area (Å²) in [5.41, 5.74) is 0. The molecular weight excluding hydrogens is 288 g/mol. The molecule has 3 atom stereocenters. The van der Waals surface area contributed by atoms with Gasteiger partial charge in [0.25, 0.3) is 0 Å². The third-order valence-corrected chi connectivity index (χ3v) is 5.33. The van der Waals surface area contributed by atoms with Gasteiger partial charge in [-0.15, -0.1) is 0 Å². The number of likely N-dealkylation sites (tertiary alicyclic amines) is 2. The maximum absolute atomic E-state index is 12.3. The van der Waals surface area contributed by atoms with Gasteiger partial charge in [0.2, 0.25) is 0 Å². The summed E-state index contributed by atoms with van der Waals surface area (Å²) >= 11 is 0. The molecule has 2 heterocycles. The fraction of sp³-hybridized carbons (Fsp3) is 0.944. The van der Waals surface area contributed by atoms with E-state index in [0.717, 1.165) is 57.5 Å². The van der Waals surface area contributed by atoms with Crippen molar-refractivity contribution in [1.82, 2.24) is 20.0 Å². The first-order valence-corrected chi connectivity index (χ1v) is 9.41. The smallest absolute Gasteiger partial charge is 0.317 e. The van der Waals surface area contributed by atoms with Crippen LogP contribution in [0.4, 0.5) is 4.79 Å². The van der Waals surface area contributed by atoms with Gasteiger partial charge in [0.1, 0.15) is 0 Å². The van der Waals surface area contributed by atoms with Crippen molar-refractivity contribution in [2.75, 3.05) is 59.4 Å². The second-order valence-corrected chi connectivity index (χ2v) is 7.89. The molecule has 5 nitrogen and oxygen atoms in total. The summed E-state index contributed by atoms with van der Waals surface area (Å²) in [5, 5.41) is 3.12. The van der Waals surface area contributed by atoms with E-state index in [1.54, 1.807) is 0 Å². The predicted molar refractivity (Wildman–Crippen MR) is 95.6 cm³/mol. The minimum Gasteiger partial charge on any atom is -0.337 e. The van der Waals surface area contributed by atoms with E-state index >= 15 is 0 Å². The molecular formula is C18H36N4O. The molecule has 0 unspecified atom stereocenters. The number of nitrogens with one attached hydrogen (secondary N) is 1. The van der Waals surface area contributed by atoms with E-state index in [2.05, 4.69) is 42.9 Å². The van der Waals surface area contributed by atoms with Crippen molar-refractivity contribution < 1.29 is 4.79 Å². The number of hydrogen-bond donors (Lipinski definition) is 1. The molecule has 2 aliphatic heterocycles. The first-order chi connectivity index (χ1) is 11.0. The maximum Gasteiger partial charge on any atom is 0.317 e. The van der Waals surface area contributed by atoms with Gasteiger partial charge in [0.15, 0.2) is 0 Å². The normalized spacial score (nSPS) is 29.3. The molecule has 1 N–H and O–H groups in total. The molecule has 2 amide bonds. The second kappa shape index (κ2) is 8.88. The molecule has 0 aromatic carbocycles. The van der Waals surface area contributed by atoms with Gasteiger partial charge in [0, 0.05) is 45.8 Å². The number of rotatable bonds is 6. The van der Waals surface area contributed by atoms with Gasteiger partial charge < -0.3 is 20.0 Å². The number of nitrogens with zero attached hydrogens (tertiary/aromatic N) is 3. The number of carbonyl (C=O) groups excluding carboxylic acids is 1. The van der Waals surface area contributed by atoms with Gasteiger partial charge >= 0.3 is 6.03 Å². The Hall–Kier alpha value is -0.810. The predicted octanol–water partition coefficient (Wildman–Crippen LogP) is 1.95. The number of carbonyl (C=O) groups is 1. The van der Waals surface area contributed by atoms with Crippen LogP contribution in [0.15, 0.2) is 0 Å². The summed E-state index contributed by atoms with van der Waals surface area (Å²) in [6.45, 7) is 15.0. The zero-order valence-corrected chi connectivity index (χ0v) is 15.6. The Morgan fingerprint density at radius 3 is 2.57 bits per heavy atom. The lowest BCUT2D eigenvalue weighted by Gasteiger charge is -2.35. The van der Waals surface area contributed by atoms with Crippen molar-refractivity contribution in [2.45, 2.75) is 33.6 Å². The quantitative estimate of drug-likeness (QED) is 0.812. The van der Waals surface area contributed by atoms with Gasteiger partial charge in [-0.25, -0.2) is 4.79 Å². The van der Waals surface area contributed by atoms with Crippen LogP contribution in [0.2, 0.25) is 0 Å². The molecule has 0 aromatic rings. The Kier molecular flexibility index (Phi) is 7.15. The molecule has 2 rings (SSSR count). The minimum absolute atomic E-state index is 0.129. The van der Waals surface area contributed by atoms with E-state index in [-0.39, 0.29) is 6.03 Å². The van der Waals surface area contributed by atoms with Crippen LogP contribution < -0.4 is 5.32 Å². The van der Waals surface area contributed by atoms with Crippen molar-refractivity contribution in [1.29, 1.82) is 0 Å². The topological polar surface area (TPSA) is 38.8 Å². The Morgan fingerprint density at radius 1 is 1.22 bits per heavy atom. The standard InChI is InChI=1S/C18H36N4O/c1-5-20(4)13-17-6-8-22(14-17)18(23)19-7-9-21-11-15(2)10-16(3)12-21/h15-17H,5-14H2,1-4H3,(H,19,23)/t15-,16+,17-/m0/s1. The summed E-state index contributed by atoms with van der Waals surface area (Å²) in [6.07, 6.45) is 2.48. The highest BCUT2D eigenvalue weighted by Crippen LogP contribution is 2.20. The van der Waals surface area contributed by atoms with Crippen LogP contribution in [0.1, 0.15) is 33.6 Å². The average Bonchev–Trinajstić information content (AvgIpc) is 2.94. The van der Waals surface area contributed by atoms with Crippen LogP contribution in [0, 0.1) is 17.8 Å². The number of amides is 2. The molecule has 2 saturated heterocycles. The summed E-state index contributed by atoms with van der Waals surface area (Å²) in [7, 11) is 2.16. The van der Waals surface area contributed by atoms with E-state index in [4.69, 9.17) is 0 Å². The van der Waals surface area contributed by atoms with Crippen LogP contribution in [0.5, 0.6) is 0 Å². The fourth-order valence-corrected chi connectivity index (χ4v) is 4.14. The lowest BCUT2D eigenvalue weighted by atomic mass is 9.92. The molecule has 0 radical (unpaired) electrons. The van der Waals surface area contributed by atoms with Crippen molar-refractivity contribution in [2.24, 2.45) is 17.8 Å². The molecule has 0 aromatic heterocycles. The van der Waals surface area contributed by atoms with E-state index in [0.29, 0.717) is 5.92 Å². The summed E-state index contributed by atoms with van der Waals surface area (Å²) < 4.78 is 0. The lowest BCUT2D eigenvalue weighted by molar-refractivity contribution is 0.141. The van der Waals surface area contributed by atoms with Crippen molar-refractivity contribution in [3.8, 4) is 0 Å². The largest absolute Gasteiger partial charge is 0.337 e. The third kappa shape index (κ3) is 5.96. The van der Waals surface area contributed by atoms with Crippen LogP contribution in [-0.4, -0.2) is 80.1 Å². The minimum atomic E-state index is 0.129. The summed E-state index contributed by atoms with van der Waals surface area (Å²) in [4.78, 5) is 19.1. The van der Waals surface area contributed by atoms with Gasteiger partial charge in [-0.05, 0) is 44.2 Å². The van der Waals surface area contributed by atoms with Crippen LogP contribution in [0.3, 0.4) is 0 Å². The number of piperidine rings is 1. The average molecular weight is 325 g/mol. The number of urea groups is 1. The highest BCUT2D eigenvalue weighted by atomic mass is 16.2. The molecule has 0 aliphatic carbocycles. The molecule has 0 bridgehead atoms. The maximum atomic E-state index is 12.3. The van der Waals surface area contributed by atoms with Gasteiger partial charge in [-0.3, -0.25) is 0 Å². The molecule has 134 valence electrons. The second-order valence-electron chi connectivity index (χ2n) is 7.89. The molecule has 23 heavy (non-hydrogen) atoms. The Labute approximate surface area is 142 Å². The van der Waals surface area contributed by atoms with Gasteiger partial charge in [-0.1, -0.05) is 20.8 Å². The summed E-state index contributed by atoms with van der Waals surface area (Å²) in [5.74, 6) is 2.20. The van der Waals surface area contributed by atoms with Gasteiger partial charge in [-0.2, -0.15) is 0 Å². The molecule has 0 spiro atoms. The highest BCUT2D eigenvalue weighted by Gasteiger charge is 2.27. The Morgan fingerprint density at radius 2 is 1.91 bits per heavy atom. The first kappa shape index (κ1) is 18.5. The van der Waals surface area contributed by atoms with E-state index in [1.807, 2.05) is 4.90 Å². The summed E-state index contributed by atoms with van der Waals surface area (Å²) in [6, 6.07) is 0.129. The zero-order valence-electron chi connectivity index (χ0n) is 15.6. The van der Waals surface area contributed by atoms with Crippen molar-refractivity contribution in [3.63, 3.8) is 0 Å². The highest BCUT2D eigenvalue weighted by molar-refractivity contribution is 5.74. The third-order valence-electron chi connectivity index (χ3n) is 5.33.